The average Bonchev–Trinajstić information content (AvgIpc) is 2.23. The summed E-state index contributed by atoms with van der Waals surface area (Å²) < 4.78 is 0. The fraction of sp³-hybridized carbons (Fsp3) is 0.750. The molecule has 0 atom stereocenters. The van der Waals surface area contributed by atoms with E-state index in [0.717, 1.165) is 30.9 Å². The number of hydrogen-bond donors (Lipinski definition) is 2. The number of hydrogen-bond acceptors (Lipinski definition) is 3. The molecule has 0 saturated heterocycles. The molecule has 0 spiro atoms. The minimum absolute atomic E-state index is 0.123. The molecular formula is C12H22N2OS. The van der Waals surface area contributed by atoms with Crippen LogP contribution in [0.2, 0.25) is 0 Å². The van der Waals surface area contributed by atoms with E-state index < -0.39 is 0 Å². The van der Waals surface area contributed by atoms with Crippen molar-refractivity contribution >= 4 is 17.7 Å². The minimum Gasteiger partial charge on any atom is -0.355 e. The zero-order chi connectivity index (χ0) is 11.9. The Balaban J connectivity index is 2.08. The minimum atomic E-state index is 0.123. The van der Waals surface area contributed by atoms with E-state index in [1.807, 2.05) is 6.08 Å². The van der Waals surface area contributed by atoms with Crippen LogP contribution in [0.1, 0.15) is 25.7 Å². The molecule has 1 fully saturated rings. The number of thioether (sulfide) groups is 1. The predicted octanol–water partition coefficient (Wildman–Crippen LogP) is 1.54. The zero-order valence-corrected chi connectivity index (χ0v) is 10.7. The zero-order valence-electron chi connectivity index (χ0n) is 9.84. The van der Waals surface area contributed by atoms with Gasteiger partial charge in [-0.05, 0) is 24.8 Å². The highest BCUT2D eigenvalue weighted by molar-refractivity contribution is 7.99. The molecular weight excluding hydrogens is 220 g/mol. The van der Waals surface area contributed by atoms with Crippen molar-refractivity contribution in [2.24, 2.45) is 11.1 Å². The van der Waals surface area contributed by atoms with Crippen LogP contribution in [0.4, 0.5) is 0 Å². The fourth-order valence-electron chi connectivity index (χ4n) is 1.96. The van der Waals surface area contributed by atoms with E-state index in [2.05, 4.69) is 11.9 Å². The van der Waals surface area contributed by atoms with Gasteiger partial charge in [0.05, 0.1) is 0 Å². The SMILES string of the molecule is C=CCSCCNC(=O)CC1(CN)CCC1. The van der Waals surface area contributed by atoms with E-state index in [9.17, 15) is 4.79 Å². The third kappa shape index (κ3) is 4.18. The molecule has 3 N–H and O–H groups in total. The molecule has 92 valence electrons. The molecule has 4 heteroatoms. The van der Waals surface area contributed by atoms with Gasteiger partial charge < -0.3 is 11.1 Å². The summed E-state index contributed by atoms with van der Waals surface area (Å²) in [4.78, 5) is 11.6. The van der Waals surface area contributed by atoms with Gasteiger partial charge in [0.1, 0.15) is 0 Å². The second-order valence-electron chi connectivity index (χ2n) is 4.45. The molecule has 0 aromatic heterocycles. The Kier molecular flexibility index (Phi) is 5.91. The lowest BCUT2D eigenvalue weighted by atomic mass is 9.66. The van der Waals surface area contributed by atoms with E-state index in [0.29, 0.717) is 13.0 Å². The van der Waals surface area contributed by atoms with Crippen LogP contribution in [0, 0.1) is 5.41 Å². The molecule has 0 aromatic rings. The van der Waals surface area contributed by atoms with E-state index in [1.54, 1.807) is 11.8 Å². The monoisotopic (exact) mass is 242 g/mol. The van der Waals surface area contributed by atoms with Gasteiger partial charge in [-0.25, -0.2) is 0 Å². The number of carbonyl (C=O) groups is 1. The lowest BCUT2D eigenvalue weighted by Gasteiger charge is -2.40. The topological polar surface area (TPSA) is 55.1 Å². The summed E-state index contributed by atoms with van der Waals surface area (Å²) in [6, 6.07) is 0. The lowest BCUT2D eigenvalue weighted by molar-refractivity contribution is -0.124. The van der Waals surface area contributed by atoms with Gasteiger partial charge in [0.15, 0.2) is 0 Å². The number of amides is 1. The maximum atomic E-state index is 11.6. The highest BCUT2D eigenvalue weighted by Crippen LogP contribution is 2.42. The molecule has 1 amide bonds. The summed E-state index contributed by atoms with van der Waals surface area (Å²) in [6.45, 7) is 5.04. The van der Waals surface area contributed by atoms with Gasteiger partial charge in [0.25, 0.3) is 0 Å². The van der Waals surface area contributed by atoms with Crippen molar-refractivity contribution in [2.45, 2.75) is 25.7 Å². The van der Waals surface area contributed by atoms with Crippen LogP contribution in [0.15, 0.2) is 12.7 Å². The first kappa shape index (κ1) is 13.6. The highest BCUT2D eigenvalue weighted by atomic mass is 32.2. The Morgan fingerprint density at radius 1 is 1.56 bits per heavy atom. The molecule has 0 aromatic carbocycles. The van der Waals surface area contributed by atoms with E-state index in [4.69, 9.17) is 5.73 Å². The second kappa shape index (κ2) is 6.97. The average molecular weight is 242 g/mol. The molecule has 1 aliphatic carbocycles. The largest absolute Gasteiger partial charge is 0.355 e. The molecule has 1 rings (SSSR count). The van der Waals surface area contributed by atoms with E-state index in [-0.39, 0.29) is 11.3 Å². The van der Waals surface area contributed by atoms with Gasteiger partial charge in [-0.3, -0.25) is 4.79 Å². The van der Waals surface area contributed by atoms with Gasteiger partial charge in [-0.15, -0.1) is 6.58 Å². The van der Waals surface area contributed by atoms with Gasteiger partial charge in [0.2, 0.25) is 5.91 Å². The molecule has 0 unspecified atom stereocenters. The summed E-state index contributed by atoms with van der Waals surface area (Å²) in [5.41, 5.74) is 5.84. The Bertz CT molecular complexity index is 234. The Hall–Kier alpha value is -0.480. The maximum Gasteiger partial charge on any atom is 0.220 e. The smallest absolute Gasteiger partial charge is 0.220 e. The molecule has 0 heterocycles. The molecule has 0 aliphatic heterocycles. The summed E-state index contributed by atoms with van der Waals surface area (Å²) >= 11 is 1.78. The lowest BCUT2D eigenvalue weighted by Crippen LogP contribution is -2.42. The van der Waals surface area contributed by atoms with E-state index >= 15 is 0 Å². The molecule has 1 aliphatic rings. The third-order valence-electron chi connectivity index (χ3n) is 3.19. The predicted molar refractivity (Wildman–Crippen MR) is 70.5 cm³/mol. The Labute approximate surface area is 102 Å². The van der Waals surface area contributed by atoms with Crippen LogP contribution in [0.3, 0.4) is 0 Å². The molecule has 3 nitrogen and oxygen atoms in total. The van der Waals surface area contributed by atoms with Crippen molar-refractivity contribution in [1.29, 1.82) is 0 Å². The van der Waals surface area contributed by atoms with Crippen LogP contribution in [0.25, 0.3) is 0 Å². The summed E-state index contributed by atoms with van der Waals surface area (Å²) in [6.07, 6.45) is 5.93. The Morgan fingerprint density at radius 3 is 2.81 bits per heavy atom. The summed E-state index contributed by atoms with van der Waals surface area (Å²) in [5.74, 6) is 2.06. The third-order valence-corrected chi connectivity index (χ3v) is 4.15. The number of nitrogens with two attached hydrogens (primary N) is 1. The fourth-order valence-corrected chi connectivity index (χ4v) is 2.54. The van der Waals surface area contributed by atoms with Crippen molar-refractivity contribution < 1.29 is 4.79 Å². The van der Waals surface area contributed by atoms with Gasteiger partial charge in [0, 0.05) is 24.5 Å². The number of rotatable bonds is 8. The molecule has 1 saturated carbocycles. The van der Waals surface area contributed by atoms with Crippen LogP contribution < -0.4 is 11.1 Å². The standard InChI is InChI=1S/C12H22N2OS/c1-2-7-16-8-6-14-11(15)9-12(10-13)4-3-5-12/h2H,1,3-10,13H2,(H,14,15). The normalized spacial score (nSPS) is 17.6. The van der Waals surface area contributed by atoms with Crippen LogP contribution in [-0.2, 0) is 4.79 Å². The van der Waals surface area contributed by atoms with E-state index in [1.165, 1.54) is 6.42 Å². The quantitative estimate of drug-likeness (QED) is 0.501. The maximum absolute atomic E-state index is 11.6. The number of carbonyl (C=O) groups excluding carboxylic acids is 1. The number of nitrogens with one attached hydrogen (secondary N) is 1. The van der Waals surface area contributed by atoms with Crippen LogP contribution in [-0.4, -0.2) is 30.5 Å². The second-order valence-corrected chi connectivity index (χ2v) is 5.60. The first-order valence-corrected chi connectivity index (χ1v) is 7.03. The van der Waals surface area contributed by atoms with Gasteiger partial charge in [-0.2, -0.15) is 11.8 Å². The highest BCUT2D eigenvalue weighted by Gasteiger charge is 2.37. The van der Waals surface area contributed by atoms with Crippen LogP contribution in [0.5, 0.6) is 0 Å². The van der Waals surface area contributed by atoms with Crippen LogP contribution >= 0.6 is 11.8 Å². The van der Waals surface area contributed by atoms with Crippen molar-refractivity contribution in [3.63, 3.8) is 0 Å². The van der Waals surface area contributed by atoms with Gasteiger partial charge in [-0.1, -0.05) is 12.5 Å². The summed E-state index contributed by atoms with van der Waals surface area (Å²) in [7, 11) is 0. The van der Waals surface area contributed by atoms with Crippen molar-refractivity contribution in [1.82, 2.24) is 5.32 Å². The molecule has 0 radical (unpaired) electrons. The molecule has 0 bridgehead atoms. The van der Waals surface area contributed by atoms with Crippen molar-refractivity contribution in [2.75, 3.05) is 24.6 Å². The first-order valence-electron chi connectivity index (χ1n) is 5.88. The van der Waals surface area contributed by atoms with Crippen molar-refractivity contribution in [3.8, 4) is 0 Å². The molecule has 16 heavy (non-hydrogen) atoms. The van der Waals surface area contributed by atoms with Gasteiger partial charge >= 0.3 is 0 Å². The summed E-state index contributed by atoms with van der Waals surface area (Å²) in [5, 5.41) is 2.95. The Morgan fingerprint density at radius 2 is 2.31 bits per heavy atom. The van der Waals surface area contributed by atoms with Crippen molar-refractivity contribution in [3.05, 3.63) is 12.7 Å². The first-order chi connectivity index (χ1) is 7.72.